The fraction of sp³-hybridized carbons (Fsp3) is 0.286. The van der Waals surface area contributed by atoms with E-state index in [1.54, 1.807) is 4.72 Å². The summed E-state index contributed by atoms with van der Waals surface area (Å²) in [5, 5.41) is 13.0. The van der Waals surface area contributed by atoms with Crippen molar-refractivity contribution in [3.05, 3.63) is 11.1 Å². The minimum absolute atomic E-state index is 0.0180. The predicted octanol–water partition coefficient (Wildman–Crippen LogP) is 0.354. The van der Waals surface area contributed by atoms with Crippen molar-refractivity contribution < 1.29 is 23.2 Å². The zero-order valence-electron chi connectivity index (χ0n) is 9.37. The first-order valence-corrected chi connectivity index (χ1v) is 6.77. The molecule has 1 amide bonds. The standard InChI is InChI=1S/C7H10N4O5S2/c1-4(9-13)5-3-17-6(8-5)10-18(14,15)11-7(12)16-2/h3,13H,1-2H3,(H,8,10)(H,11,12). The second-order valence-corrected chi connectivity index (χ2v) is 5.20. The summed E-state index contributed by atoms with van der Waals surface area (Å²) in [6.45, 7) is 1.50. The number of thiazole rings is 1. The van der Waals surface area contributed by atoms with Crippen molar-refractivity contribution in [2.75, 3.05) is 11.8 Å². The van der Waals surface area contributed by atoms with Gasteiger partial charge in [-0.05, 0) is 6.92 Å². The number of nitrogens with zero attached hydrogens (tertiary/aromatic N) is 2. The molecule has 18 heavy (non-hydrogen) atoms. The fourth-order valence-electron chi connectivity index (χ4n) is 0.830. The molecular weight excluding hydrogens is 284 g/mol. The summed E-state index contributed by atoms with van der Waals surface area (Å²) in [7, 11) is -3.06. The van der Waals surface area contributed by atoms with Crippen LogP contribution < -0.4 is 9.44 Å². The zero-order valence-corrected chi connectivity index (χ0v) is 11.0. The van der Waals surface area contributed by atoms with Crippen molar-refractivity contribution in [1.29, 1.82) is 0 Å². The number of amides is 1. The van der Waals surface area contributed by atoms with Gasteiger partial charge < -0.3 is 9.94 Å². The van der Waals surface area contributed by atoms with Crippen molar-refractivity contribution in [3.8, 4) is 0 Å². The molecule has 0 saturated heterocycles. The van der Waals surface area contributed by atoms with E-state index in [2.05, 4.69) is 14.9 Å². The number of oxime groups is 1. The average Bonchev–Trinajstić information content (AvgIpc) is 2.74. The number of carbonyl (C=O) groups excluding carboxylic acids is 1. The van der Waals surface area contributed by atoms with Crippen LogP contribution in [0.5, 0.6) is 0 Å². The monoisotopic (exact) mass is 294 g/mol. The maximum absolute atomic E-state index is 11.4. The Morgan fingerprint density at radius 1 is 1.61 bits per heavy atom. The molecule has 0 aliphatic rings. The van der Waals surface area contributed by atoms with Crippen LogP contribution in [0.4, 0.5) is 9.93 Å². The Labute approximate surface area is 107 Å². The predicted molar refractivity (Wildman–Crippen MR) is 64.2 cm³/mol. The van der Waals surface area contributed by atoms with Gasteiger partial charge in [-0.1, -0.05) is 5.16 Å². The van der Waals surface area contributed by atoms with Crippen LogP contribution in [0.25, 0.3) is 0 Å². The third-order valence-electron chi connectivity index (χ3n) is 1.65. The van der Waals surface area contributed by atoms with Gasteiger partial charge in [-0.3, -0.25) is 0 Å². The molecule has 0 fully saturated rings. The van der Waals surface area contributed by atoms with Crippen LogP contribution in [0, 0.1) is 0 Å². The fourth-order valence-corrected chi connectivity index (χ4v) is 2.58. The molecule has 1 rings (SSSR count). The molecule has 0 spiro atoms. The SMILES string of the molecule is COC(=O)NS(=O)(=O)Nc1nc(C(C)=NO)cs1. The molecule has 3 N–H and O–H groups in total. The second kappa shape index (κ2) is 5.64. The molecule has 0 atom stereocenters. The molecule has 0 aliphatic carbocycles. The number of carbonyl (C=O) groups is 1. The molecule has 9 nitrogen and oxygen atoms in total. The summed E-state index contributed by atoms with van der Waals surface area (Å²) in [4.78, 5) is 14.6. The molecule has 100 valence electrons. The smallest absolute Gasteiger partial charge is 0.422 e. The van der Waals surface area contributed by atoms with Gasteiger partial charge in [-0.15, -0.1) is 11.3 Å². The van der Waals surface area contributed by atoms with Gasteiger partial charge in [0.2, 0.25) is 0 Å². The summed E-state index contributed by atoms with van der Waals surface area (Å²) in [6.07, 6.45) is -1.12. The second-order valence-electron chi connectivity index (χ2n) is 2.92. The largest absolute Gasteiger partial charge is 0.452 e. The van der Waals surface area contributed by atoms with Crippen LogP contribution in [-0.4, -0.2) is 37.5 Å². The van der Waals surface area contributed by atoms with E-state index < -0.39 is 16.3 Å². The maximum Gasteiger partial charge on any atom is 0.422 e. The molecular formula is C7H10N4O5S2. The topological polar surface area (TPSA) is 130 Å². The lowest BCUT2D eigenvalue weighted by Gasteiger charge is -2.05. The first kappa shape index (κ1) is 14.2. The van der Waals surface area contributed by atoms with Gasteiger partial charge in [0.05, 0.1) is 7.11 Å². The average molecular weight is 294 g/mol. The highest BCUT2D eigenvalue weighted by atomic mass is 32.2. The van der Waals surface area contributed by atoms with E-state index >= 15 is 0 Å². The Morgan fingerprint density at radius 3 is 2.83 bits per heavy atom. The Morgan fingerprint density at radius 2 is 2.28 bits per heavy atom. The summed E-state index contributed by atoms with van der Waals surface area (Å²) in [5.74, 6) is 0. The number of nitrogens with one attached hydrogen (secondary N) is 2. The third-order valence-corrected chi connectivity index (χ3v) is 3.43. The van der Waals surface area contributed by atoms with Crippen LogP contribution in [0.3, 0.4) is 0 Å². The van der Waals surface area contributed by atoms with Gasteiger partial charge >= 0.3 is 16.3 Å². The number of rotatable bonds is 4. The lowest BCUT2D eigenvalue weighted by atomic mass is 10.3. The number of ether oxygens (including phenoxy) is 1. The quantitative estimate of drug-likeness (QED) is 0.417. The van der Waals surface area contributed by atoms with Crippen LogP contribution in [0.2, 0.25) is 0 Å². The Bertz CT molecular complexity index is 564. The first-order valence-electron chi connectivity index (χ1n) is 4.41. The number of hydrogen-bond donors (Lipinski definition) is 3. The van der Waals surface area contributed by atoms with E-state index in [0.717, 1.165) is 18.4 Å². The minimum atomic E-state index is -4.09. The lowest BCUT2D eigenvalue weighted by Crippen LogP contribution is -2.35. The Kier molecular flexibility index (Phi) is 4.44. The van der Waals surface area contributed by atoms with E-state index in [9.17, 15) is 13.2 Å². The van der Waals surface area contributed by atoms with Crippen LogP contribution in [-0.2, 0) is 14.9 Å². The number of methoxy groups -OCH3 is 1. The van der Waals surface area contributed by atoms with Crippen molar-refractivity contribution >= 4 is 38.5 Å². The number of hydrogen-bond acceptors (Lipinski definition) is 8. The van der Waals surface area contributed by atoms with E-state index in [-0.39, 0.29) is 10.8 Å². The number of aromatic nitrogens is 1. The summed E-state index contributed by atoms with van der Waals surface area (Å²) < 4.78 is 30.5. The van der Waals surface area contributed by atoms with Crippen molar-refractivity contribution in [2.24, 2.45) is 5.16 Å². The molecule has 1 heterocycles. The van der Waals surface area contributed by atoms with Gasteiger partial charge in [-0.25, -0.2) is 19.2 Å². The van der Waals surface area contributed by atoms with Crippen molar-refractivity contribution in [2.45, 2.75) is 6.92 Å². The van der Waals surface area contributed by atoms with Gasteiger partial charge in [0.15, 0.2) is 5.13 Å². The van der Waals surface area contributed by atoms with Gasteiger partial charge in [-0.2, -0.15) is 8.42 Å². The molecule has 1 aromatic rings. The summed E-state index contributed by atoms with van der Waals surface area (Å²) >= 11 is 0.969. The minimum Gasteiger partial charge on any atom is -0.452 e. The van der Waals surface area contributed by atoms with E-state index in [4.69, 9.17) is 5.21 Å². The molecule has 0 unspecified atom stereocenters. The Hall–Kier alpha value is -1.88. The van der Waals surface area contributed by atoms with E-state index in [1.165, 1.54) is 12.3 Å². The molecule has 0 aromatic carbocycles. The highest BCUT2D eigenvalue weighted by Crippen LogP contribution is 2.16. The summed E-state index contributed by atoms with van der Waals surface area (Å²) in [6, 6.07) is 0. The van der Waals surface area contributed by atoms with Crippen molar-refractivity contribution in [1.82, 2.24) is 9.71 Å². The normalized spacial score (nSPS) is 12.0. The van der Waals surface area contributed by atoms with Crippen LogP contribution >= 0.6 is 11.3 Å². The van der Waals surface area contributed by atoms with E-state index in [0.29, 0.717) is 5.69 Å². The van der Waals surface area contributed by atoms with Gasteiger partial charge in [0, 0.05) is 5.38 Å². The third kappa shape index (κ3) is 3.85. The van der Waals surface area contributed by atoms with E-state index in [1.807, 2.05) is 4.72 Å². The highest BCUT2D eigenvalue weighted by Gasteiger charge is 2.16. The highest BCUT2D eigenvalue weighted by molar-refractivity contribution is 7.91. The summed E-state index contributed by atoms with van der Waals surface area (Å²) in [5.41, 5.74) is 0.552. The first-order chi connectivity index (χ1) is 8.38. The molecule has 0 bridgehead atoms. The van der Waals surface area contributed by atoms with Crippen LogP contribution in [0.15, 0.2) is 10.5 Å². The zero-order chi connectivity index (χ0) is 13.8. The molecule has 11 heteroatoms. The Balaban J connectivity index is 2.79. The maximum atomic E-state index is 11.4. The van der Waals surface area contributed by atoms with Gasteiger partial charge in [0.25, 0.3) is 0 Å². The van der Waals surface area contributed by atoms with Crippen LogP contribution in [0.1, 0.15) is 12.6 Å². The van der Waals surface area contributed by atoms with Crippen molar-refractivity contribution in [3.63, 3.8) is 0 Å². The lowest BCUT2D eigenvalue weighted by molar-refractivity contribution is 0.177. The molecule has 0 saturated carbocycles. The molecule has 0 aliphatic heterocycles. The molecule has 1 aromatic heterocycles. The van der Waals surface area contributed by atoms with Gasteiger partial charge in [0.1, 0.15) is 11.4 Å². The number of anilines is 1. The molecule has 0 radical (unpaired) electrons.